The first-order valence-corrected chi connectivity index (χ1v) is 11.6. The highest BCUT2D eigenvalue weighted by molar-refractivity contribution is 7.13. The quantitative estimate of drug-likeness (QED) is 0.220. The average Bonchev–Trinajstić information content (AvgIpc) is 3.36. The minimum atomic E-state index is -4.71. The highest BCUT2D eigenvalue weighted by atomic mass is 35.5. The summed E-state index contributed by atoms with van der Waals surface area (Å²) in [7, 11) is 0. The number of hydrogen-bond acceptors (Lipinski definition) is 9. The van der Waals surface area contributed by atoms with Gasteiger partial charge in [-0.15, -0.1) is 11.3 Å². The summed E-state index contributed by atoms with van der Waals surface area (Å²) < 4.78 is 53.2. The number of hydrogen-bond donors (Lipinski definition) is 3. The van der Waals surface area contributed by atoms with Crippen LogP contribution in [0.3, 0.4) is 0 Å². The van der Waals surface area contributed by atoms with E-state index in [1.807, 2.05) is 0 Å². The minimum Gasteiger partial charge on any atom is -0.373 e. The molecule has 0 bridgehead atoms. The number of nitrogens with one attached hydrogen (secondary N) is 2. The van der Waals surface area contributed by atoms with Crippen molar-refractivity contribution in [2.24, 2.45) is 0 Å². The summed E-state index contributed by atoms with van der Waals surface area (Å²) in [5, 5.41) is 15.6. The molecule has 4 aromatic heterocycles. The highest BCUT2D eigenvalue weighted by Gasteiger charge is 2.34. The molecule has 1 amide bonds. The Hall–Kier alpha value is -3.59. The molecule has 0 saturated heterocycles. The van der Waals surface area contributed by atoms with E-state index in [2.05, 4.69) is 35.6 Å². The molecule has 0 radical (unpaired) electrons. The number of nitrogens with zero attached hydrogens (tertiary/aromatic N) is 5. The number of rotatable bonds is 7. The summed E-state index contributed by atoms with van der Waals surface area (Å²) in [4.78, 5) is 32.2. The van der Waals surface area contributed by atoms with Gasteiger partial charge in [0.2, 0.25) is 0 Å². The summed E-state index contributed by atoms with van der Waals surface area (Å²) in [5.41, 5.74) is -0.532. The van der Waals surface area contributed by atoms with E-state index in [0.29, 0.717) is 11.1 Å². The van der Waals surface area contributed by atoms with Gasteiger partial charge in [-0.25, -0.2) is 24.3 Å². The maximum absolute atomic E-state index is 14.0. The number of aliphatic hydroxyl groups excluding tert-OH is 1. The van der Waals surface area contributed by atoms with Gasteiger partial charge < -0.3 is 10.4 Å². The normalized spacial score (nSPS) is 13.3. The van der Waals surface area contributed by atoms with E-state index >= 15 is 0 Å². The van der Waals surface area contributed by atoms with Crippen molar-refractivity contribution in [3.8, 4) is 11.3 Å². The number of amides is 1. The number of carbonyl (C=O) groups excluding carboxylic acids is 1. The molecule has 0 aliphatic rings. The Morgan fingerprint density at radius 3 is 2.65 bits per heavy atom. The van der Waals surface area contributed by atoms with Crippen LogP contribution in [0.15, 0.2) is 49.3 Å². The van der Waals surface area contributed by atoms with E-state index in [9.17, 15) is 27.5 Å². The van der Waals surface area contributed by atoms with Crippen molar-refractivity contribution >= 4 is 34.7 Å². The molecule has 4 heterocycles. The molecule has 0 aliphatic carbocycles. The first-order valence-electron chi connectivity index (χ1n) is 10.4. The summed E-state index contributed by atoms with van der Waals surface area (Å²) in [6.07, 6.45) is -0.324. The Balaban J connectivity index is 1.43. The molecule has 4 rings (SSSR count). The Kier molecular flexibility index (Phi) is 7.73. The van der Waals surface area contributed by atoms with E-state index in [0.717, 1.165) is 23.7 Å². The van der Waals surface area contributed by atoms with Gasteiger partial charge in [-0.1, -0.05) is 11.6 Å². The molecule has 37 heavy (non-hydrogen) atoms. The predicted molar refractivity (Wildman–Crippen MR) is 126 cm³/mol. The Bertz CT molecular complexity index is 1440. The highest BCUT2D eigenvalue weighted by Crippen LogP contribution is 2.35. The lowest BCUT2D eigenvalue weighted by Gasteiger charge is -2.17. The van der Waals surface area contributed by atoms with E-state index in [1.54, 1.807) is 6.92 Å². The maximum atomic E-state index is 14.0. The van der Waals surface area contributed by atoms with Gasteiger partial charge in [-0.3, -0.25) is 15.1 Å². The topological polar surface area (TPSA) is 126 Å². The SMILES string of the molecule is CC(NC(O)c1cc(-c2ccncc2F)ncn1)c1ncc(C(=O)Nc2cc(C(F)(F)F)c(Cl)cn2)s1. The number of halogens is 5. The van der Waals surface area contributed by atoms with Gasteiger partial charge in [0.15, 0.2) is 5.82 Å². The molecular weight excluding hydrogens is 538 g/mol. The molecule has 192 valence electrons. The lowest BCUT2D eigenvalue weighted by molar-refractivity contribution is -0.137. The number of aromatic nitrogens is 5. The molecule has 0 saturated carbocycles. The van der Waals surface area contributed by atoms with Crippen LogP contribution in [0.25, 0.3) is 11.3 Å². The van der Waals surface area contributed by atoms with Crippen LogP contribution in [0.2, 0.25) is 5.02 Å². The van der Waals surface area contributed by atoms with Crippen LogP contribution < -0.4 is 10.6 Å². The Labute approximate surface area is 215 Å². The monoisotopic (exact) mass is 553 g/mol. The zero-order chi connectivity index (χ0) is 26.7. The number of pyridine rings is 2. The molecule has 9 nitrogen and oxygen atoms in total. The lowest BCUT2D eigenvalue weighted by atomic mass is 10.1. The van der Waals surface area contributed by atoms with Gasteiger partial charge >= 0.3 is 6.18 Å². The summed E-state index contributed by atoms with van der Waals surface area (Å²) in [6, 6.07) is 2.92. The second kappa shape index (κ2) is 10.8. The number of carbonyl (C=O) groups is 1. The van der Waals surface area contributed by atoms with Gasteiger partial charge in [0, 0.05) is 18.0 Å². The van der Waals surface area contributed by atoms with E-state index < -0.39 is 40.8 Å². The van der Waals surface area contributed by atoms with E-state index in [4.69, 9.17) is 11.6 Å². The van der Waals surface area contributed by atoms with Crippen molar-refractivity contribution in [1.29, 1.82) is 0 Å². The first-order chi connectivity index (χ1) is 17.5. The third-order valence-electron chi connectivity index (χ3n) is 4.94. The summed E-state index contributed by atoms with van der Waals surface area (Å²) in [5.74, 6) is -1.64. The van der Waals surface area contributed by atoms with Crippen LogP contribution in [0.4, 0.5) is 23.4 Å². The average molecular weight is 554 g/mol. The second-order valence-electron chi connectivity index (χ2n) is 7.54. The van der Waals surface area contributed by atoms with E-state index in [1.165, 1.54) is 30.9 Å². The Morgan fingerprint density at radius 1 is 1.14 bits per heavy atom. The molecule has 2 unspecified atom stereocenters. The number of alkyl halides is 3. The van der Waals surface area contributed by atoms with Crippen LogP contribution in [0.5, 0.6) is 0 Å². The van der Waals surface area contributed by atoms with Gasteiger partial charge in [0.25, 0.3) is 5.91 Å². The number of anilines is 1. The molecule has 0 aliphatic heterocycles. The number of thiazole rings is 1. The molecule has 15 heteroatoms. The standard InChI is InChI=1S/C22H16ClF4N7O2S/c1-10(33-19(35)16-5-15(31-9-32-16)11-2-3-28-7-14(11)24)21-30-8-17(37-21)20(36)34-18-4-12(22(25,26)27)13(23)6-29-18/h2-10,19,33,35H,1H3,(H,29,34,36). The molecule has 3 N–H and O–H groups in total. The van der Waals surface area contributed by atoms with Gasteiger partial charge in [-0.05, 0) is 25.1 Å². The van der Waals surface area contributed by atoms with Crippen molar-refractivity contribution < 1.29 is 27.5 Å². The first kappa shape index (κ1) is 26.5. The fourth-order valence-electron chi connectivity index (χ4n) is 3.14. The summed E-state index contributed by atoms with van der Waals surface area (Å²) >= 11 is 6.51. The molecule has 0 fully saturated rings. The fraction of sp³-hybridized carbons (Fsp3) is 0.182. The van der Waals surface area contributed by atoms with Crippen LogP contribution in [0.1, 0.15) is 45.1 Å². The van der Waals surface area contributed by atoms with Crippen LogP contribution >= 0.6 is 22.9 Å². The minimum absolute atomic E-state index is 0.0981. The van der Waals surface area contributed by atoms with Crippen molar-refractivity contribution in [3.63, 3.8) is 0 Å². The molecule has 4 aromatic rings. The van der Waals surface area contributed by atoms with Crippen molar-refractivity contribution in [1.82, 2.24) is 30.2 Å². The van der Waals surface area contributed by atoms with Gasteiger partial charge in [0.05, 0.1) is 40.4 Å². The maximum Gasteiger partial charge on any atom is 0.418 e. The van der Waals surface area contributed by atoms with Crippen LogP contribution in [0, 0.1) is 5.82 Å². The smallest absolute Gasteiger partial charge is 0.373 e. The van der Waals surface area contributed by atoms with Gasteiger partial charge in [-0.2, -0.15) is 13.2 Å². The molecule has 2 atom stereocenters. The van der Waals surface area contributed by atoms with Crippen molar-refractivity contribution in [2.45, 2.75) is 25.4 Å². The molecule has 0 aromatic carbocycles. The van der Waals surface area contributed by atoms with Crippen LogP contribution in [-0.2, 0) is 6.18 Å². The van der Waals surface area contributed by atoms with E-state index in [-0.39, 0.29) is 27.6 Å². The molecule has 0 spiro atoms. The predicted octanol–water partition coefficient (Wildman–Crippen LogP) is 4.80. The van der Waals surface area contributed by atoms with Gasteiger partial charge in [0.1, 0.15) is 28.3 Å². The lowest BCUT2D eigenvalue weighted by Crippen LogP contribution is -2.25. The third kappa shape index (κ3) is 6.22. The second-order valence-corrected chi connectivity index (χ2v) is 9.01. The largest absolute Gasteiger partial charge is 0.418 e. The zero-order valence-electron chi connectivity index (χ0n) is 18.7. The summed E-state index contributed by atoms with van der Waals surface area (Å²) in [6.45, 7) is 1.67. The molecular formula is C22H16ClF4N7O2S. The Morgan fingerprint density at radius 2 is 1.92 bits per heavy atom. The third-order valence-corrected chi connectivity index (χ3v) is 6.42. The number of aliphatic hydroxyl groups is 1. The van der Waals surface area contributed by atoms with Crippen LogP contribution in [-0.4, -0.2) is 35.9 Å². The van der Waals surface area contributed by atoms with Crippen molar-refractivity contribution in [2.75, 3.05) is 5.32 Å². The van der Waals surface area contributed by atoms with Crippen molar-refractivity contribution in [3.05, 3.63) is 81.3 Å². The fourth-order valence-corrected chi connectivity index (χ4v) is 4.18. The zero-order valence-corrected chi connectivity index (χ0v) is 20.2.